The molecule has 0 spiro atoms. The lowest BCUT2D eigenvalue weighted by Gasteiger charge is -2.09. The largest absolute Gasteiger partial charge is 0.455 e. The lowest BCUT2D eigenvalue weighted by Crippen LogP contribution is -1.88. The first-order valence-corrected chi connectivity index (χ1v) is 7.46. The first kappa shape index (κ1) is 13.4. The minimum atomic E-state index is 0.483. The molecule has 2 aromatic carbocycles. The van der Waals surface area contributed by atoms with Gasteiger partial charge in [0.1, 0.15) is 11.5 Å². The van der Waals surface area contributed by atoms with Crippen LogP contribution in [0, 0.1) is 0 Å². The Kier molecular flexibility index (Phi) is 3.90. The molecule has 0 bridgehead atoms. The first-order valence-electron chi connectivity index (χ1n) is 6.13. The van der Waals surface area contributed by atoms with Gasteiger partial charge in [-0.2, -0.15) is 0 Å². The molecule has 0 atom stereocenters. The molecule has 100 valence electrons. The van der Waals surface area contributed by atoms with Gasteiger partial charge < -0.3 is 4.74 Å². The quantitative estimate of drug-likeness (QED) is 0.581. The molecule has 0 aliphatic carbocycles. The predicted octanol–water partition coefficient (Wildman–Crippen LogP) is 5.53. The van der Waals surface area contributed by atoms with Gasteiger partial charge >= 0.3 is 0 Å². The van der Waals surface area contributed by atoms with Crippen LogP contribution in [-0.4, -0.2) is 4.98 Å². The SMILES string of the molecule is ClCc1ccc(Oc2cnc3ccccc3c2)c(Br)c1. The molecule has 1 aromatic heterocycles. The molecule has 2 nitrogen and oxygen atoms in total. The normalized spacial score (nSPS) is 10.7. The van der Waals surface area contributed by atoms with Crippen molar-refractivity contribution in [3.8, 4) is 11.5 Å². The Labute approximate surface area is 130 Å². The Bertz CT molecular complexity index is 760. The van der Waals surface area contributed by atoms with Gasteiger partial charge in [-0.05, 0) is 45.8 Å². The fourth-order valence-electron chi connectivity index (χ4n) is 1.94. The van der Waals surface area contributed by atoms with Crippen molar-refractivity contribution in [1.29, 1.82) is 0 Å². The number of aromatic nitrogens is 1. The van der Waals surface area contributed by atoms with Crippen LogP contribution in [0.4, 0.5) is 0 Å². The van der Waals surface area contributed by atoms with Crippen LogP contribution in [0.2, 0.25) is 0 Å². The maximum Gasteiger partial charge on any atom is 0.146 e. The van der Waals surface area contributed by atoms with Gasteiger partial charge in [0.2, 0.25) is 0 Å². The molecule has 3 rings (SSSR count). The Morgan fingerprint density at radius 3 is 2.75 bits per heavy atom. The Morgan fingerprint density at radius 2 is 1.95 bits per heavy atom. The summed E-state index contributed by atoms with van der Waals surface area (Å²) >= 11 is 9.30. The van der Waals surface area contributed by atoms with Gasteiger partial charge in [0.25, 0.3) is 0 Å². The molecular weight excluding hydrogens is 338 g/mol. The zero-order valence-corrected chi connectivity index (χ0v) is 12.9. The number of ether oxygens (including phenoxy) is 1. The van der Waals surface area contributed by atoms with Crippen molar-refractivity contribution in [1.82, 2.24) is 4.98 Å². The lowest BCUT2D eigenvalue weighted by atomic mass is 10.2. The van der Waals surface area contributed by atoms with E-state index in [0.29, 0.717) is 11.6 Å². The summed E-state index contributed by atoms with van der Waals surface area (Å²) in [4.78, 5) is 4.38. The van der Waals surface area contributed by atoms with Crippen molar-refractivity contribution in [3.05, 3.63) is 64.8 Å². The average Bonchev–Trinajstić information content (AvgIpc) is 2.49. The molecule has 3 aromatic rings. The summed E-state index contributed by atoms with van der Waals surface area (Å²) in [6, 6.07) is 15.7. The smallest absolute Gasteiger partial charge is 0.146 e. The number of rotatable bonds is 3. The number of nitrogens with zero attached hydrogens (tertiary/aromatic N) is 1. The summed E-state index contributed by atoms with van der Waals surface area (Å²) in [6.07, 6.45) is 1.73. The number of fused-ring (bicyclic) bond motifs is 1. The third-order valence-electron chi connectivity index (χ3n) is 2.94. The fraction of sp³-hybridized carbons (Fsp3) is 0.0625. The van der Waals surface area contributed by atoms with Gasteiger partial charge in [-0.1, -0.05) is 24.3 Å². The summed E-state index contributed by atoms with van der Waals surface area (Å²) in [5.41, 5.74) is 2.00. The standard InChI is InChI=1S/C16H11BrClNO/c17-14-7-11(9-18)5-6-16(14)20-13-8-12-3-1-2-4-15(12)19-10-13/h1-8,10H,9H2. The molecule has 0 fully saturated rings. The second-order valence-corrected chi connectivity index (χ2v) is 5.49. The van der Waals surface area contributed by atoms with E-state index in [1.807, 2.05) is 48.5 Å². The van der Waals surface area contributed by atoms with E-state index < -0.39 is 0 Å². The summed E-state index contributed by atoms with van der Waals surface area (Å²) in [6.45, 7) is 0. The predicted molar refractivity (Wildman–Crippen MR) is 85.5 cm³/mol. The van der Waals surface area contributed by atoms with Crippen molar-refractivity contribution in [2.45, 2.75) is 5.88 Å². The van der Waals surface area contributed by atoms with Crippen LogP contribution >= 0.6 is 27.5 Å². The Hall–Kier alpha value is -1.58. The summed E-state index contributed by atoms with van der Waals surface area (Å²) in [7, 11) is 0. The minimum absolute atomic E-state index is 0.483. The molecule has 0 N–H and O–H groups in total. The van der Waals surface area contributed by atoms with Gasteiger partial charge in [0, 0.05) is 11.3 Å². The molecular formula is C16H11BrClNO. The van der Waals surface area contributed by atoms with Crippen LogP contribution in [0.15, 0.2) is 59.2 Å². The van der Waals surface area contributed by atoms with Crippen LogP contribution in [0.3, 0.4) is 0 Å². The number of benzene rings is 2. The number of hydrogen-bond acceptors (Lipinski definition) is 2. The van der Waals surface area contributed by atoms with E-state index in [4.69, 9.17) is 16.3 Å². The minimum Gasteiger partial charge on any atom is -0.455 e. The number of pyridine rings is 1. The summed E-state index contributed by atoms with van der Waals surface area (Å²) in [5.74, 6) is 1.94. The van der Waals surface area contributed by atoms with E-state index in [2.05, 4.69) is 20.9 Å². The van der Waals surface area contributed by atoms with Crippen molar-refractivity contribution in [2.75, 3.05) is 0 Å². The molecule has 0 saturated heterocycles. The van der Waals surface area contributed by atoms with E-state index in [1.165, 1.54) is 0 Å². The van der Waals surface area contributed by atoms with Gasteiger partial charge in [0.05, 0.1) is 16.2 Å². The third kappa shape index (κ3) is 2.79. The van der Waals surface area contributed by atoms with Gasteiger partial charge in [0.15, 0.2) is 0 Å². The summed E-state index contributed by atoms with van der Waals surface area (Å²) in [5, 5.41) is 1.05. The highest BCUT2D eigenvalue weighted by Crippen LogP contribution is 2.31. The number of alkyl halides is 1. The van der Waals surface area contributed by atoms with Crippen molar-refractivity contribution in [3.63, 3.8) is 0 Å². The van der Waals surface area contributed by atoms with Gasteiger partial charge in [-0.15, -0.1) is 11.6 Å². The maximum absolute atomic E-state index is 5.86. The van der Waals surface area contributed by atoms with Crippen molar-refractivity contribution >= 4 is 38.4 Å². The van der Waals surface area contributed by atoms with Crippen molar-refractivity contribution in [2.24, 2.45) is 0 Å². The number of halogens is 2. The van der Waals surface area contributed by atoms with E-state index in [1.54, 1.807) is 6.20 Å². The van der Waals surface area contributed by atoms with Gasteiger partial charge in [-0.25, -0.2) is 0 Å². The average molecular weight is 349 g/mol. The molecule has 0 saturated carbocycles. The second kappa shape index (κ2) is 5.81. The van der Waals surface area contributed by atoms with Crippen molar-refractivity contribution < 1.29 is 4.74 Å². The third-order valence-corrected chi connectivity index (χ3v) is 3.87. The molecule has 20 heavy (non-hydrogen) atoms. The van der Waals surface area contributed by atoms with E-state index in [0.717, 1.165) is 26.7 Å². The van der Waals surface area contributed by atoms with E-state index in [-0.39, 0.29) is 0 Å². The highest BCUT2D eigenvalue weighted by Gasteiger charge is 2.05. The van der Waals surface area contributed by atoms with Gasteiger partial charge in [-0.3, -0.25) is 4.98 Å². The van der Waals surface area contributed by atoms with E-state index in [9.17, 15) is 0 Å². The Balaban J connectivity index is 1.92. The highest BCUT2D eigenvalue weighted by molar-refractivity contribution is 9.10. The monoisotopic (exact) mass is 347 g/mol. The zero-order valence-electron chi connectivity index (χ0n) is 10.5. The molecule has 0 amide bonds. The molecule has 0 unspecified atom stereocenters. The molecule has 0 radical (unpaired) electrons. The first-order chi connectivity index (χ1) is 9.76. The molecule has 4 heteroatoms. The molecule has 0 aliphatic rings. The zero-order chi connectivity index (χ0) is 13.9. The molecule has 1 heterocycles. The maximum atomic E-state index is 5.86. The number of para-hydroxylation sites is 1. The Morgan fingerprint density at radius 1 is 1.10 bits per heavy atom. The fourth-order valence-corrected chi connectivity index (χ4v) is 2.62. The van der Waals surface area contributed by atoms with Crippen LogP contribution < -0.4 is 4.74 Å². The van der Waals surface area contributed by atoms with E-state index >= 15 is 0 Å². The van der Waals surface area contributed by atoms with Crippen LogP contribution in [0.1, 0.15) is 5.56 Å². The van der Waals surface area contributed by atoms with Crippen LogP contribution in [-0.2, 0) is 5.88 Å². The molecule has 0 aliphatic heterocycles. The van der Waals surface area contributed by atoms with Crippen LogP contribution in [0.5, 0.6) is 11.5 Å². The highest BCUT2D eigenvalue weighted by atomic mass is 79.9. The van der Waals surface area contributed by atoms with Crippen LogP contribution in [0.25, 0.3) is 10.9 Å². The topological polar surface area (TPSA) is 22.1 Å². The summed E-state index contributed by atoms with van der Waals surface area (Å²) < 4.78 is 6.74. The number of hydrogen-bond donors (Lipinski definition) is 0. The second-order valence-electron chi connectivity index (χ2n) is 4.36. The lowest BCUT2D eigenvalue weighted by molar-refractivity contribution is 0.478.